The van der Waals surface area contributed by atoms with Crippen LogP contribution in [0.4, 0.5) is 13.2 Å². The lowest BCUT2D eigenvalue weighted by Crippen LogP contribution is -2.58. The standard InChI is InChI=1S/C17H20F3N5O2/c1-21-15(27)13-9-24(8-7-23(13)2)14(26)10-25-12-6-4-3-5-11(12)22-16(25)17(18,19)20/h3-6,13H,7-10H2,1-2H3,(H,21,27)/t13-/m0/s1. The molecule has 0 radical (unpaired) electrons. The van der Waals surface area contributed by atoms with Gasteiger partial charge >= 0.3 is 6.18 Å². The highest BCUT2D eigenvalue weighted by Crippen LogP contribution is 2.31. The van der Waals surface area contributed by atoms with E-state index >= 15 is 0 Å². The van der Waals surface area contributed by atoms with Gasteiger partial charge in [-0.05, 0) is 19.2 Å². The molecule has 2 aromatic rings. The fourth-order valence-corrected chi connectivity index (χ4v) is 3.24. The number of para-hydroxylation sites is 2. The van der Waals surface area contributed by atoms with E-state index in [1.165, 1.54) is 24.1 Å². The minimum atomic E-state index is -4.67. The maximum Gasteiger partial charge on any atom is 0.449 e. The van der Waals surface area contributed by atoms with Gasteiger partial charge in [-0.3, -0.25) is 14.5 Å². The van der Waals surface area contributed by atoms with Gasteiger partial charge < -0.3 is 14.8 Å². The number of fused-ring (bicyclic) bond motifs is 1. The Bertz CT molecular complexity index is 864. The lowest BCUT2D eigenvalue weighted by atomic mass is 10.1. The number of halogens is 3. The molecule has 146 valence electrons. The molecule has 1 N–H and O–H groups in total. The Morgan fingerprint density at radius 1 is 1.26 bits per heavy atom. The van der Waals surface area contributed by atoms with E-state index in [4.69, 9.17) is 0 Å². The van der Waals surface area contributed by atoms with E-state index in [1.54, 1.807) is 19.2 Å². The Morgan fingerprint density at radius 3 is 2.63 bits per heavy atom. The first kappa shape index (κ1) is 19.2. The van der Waals surface area contributed by atoms with Crippen LogP contribution in [0.5, 0.6) is 0 Å². The predicted molar refractivity (Wildman–Crippen MR) is 91.8 cm³/mol. The predicted octanol–water partition coefficient (Wildman–Crippen LogP) is 0.944. The van der Waals surface area contributed by atoms with Crippen molar-refractivity contribution in [2.45, 2.75) is 18.8 Å². The van der Waals surface area contributed by atoms with Crippen LogP contribution >= 0.6 is 0 Å². The summed E-state index contributed by atoms with van der Waals surface area (Å²) < 4.78 is 41.0. The Hall–Kier alpha value is -2.62. The molecule has 2 amide bonds. The number of aromatic nitrogens is 2. The number of hydrogen-bond acceptors (Lipinski definition) is 4. The van der Waals surface area contributed by atoms with Crippen LogP contribution in [0.25, 0.3) is 11.0 Å². The van der Waals surface area contributed by atoms with E-state index in [-0.39, 0.29) is 23.5 Å². The highest BCUT2D eigenvalue weighted by Gasteiger charge is 2.39. The number of rotatable bonds is 3. The van der Waals surface area contributed by atoms with E-state index in [2.05, 4.69) is 10.3 Å². The summed E-state index contributed by atoms with van der Waals surface area (Å²) in [6.45, 7) is 0.444. The van der Waals surface area contributed by atoms with Crippen LogP contribution in [-0.2, 0) is 22.3 Å². The molecular weight excluding hydrogens is 363 g/mol. The average Bonchev–Trinajstić information content (AvgIpc) is 3.00. The first-order valence-corrected chi connectivity index (χ1v) is 8.44. The molecule has 1 atom stereocenters. The maximum absolute atomic E-state index is 13.4. The quantitative estimate of drug-likeness (QED) is 0.857. The monoisotopic (exact) mass is 383 g/mol. The third-order valence-corrected chi connectivity index (χ3v) is 4.75. The molecule has 0 saturated carbocycles. The van der Waals surface area contributed by atoms with Crippen LogP contribution in [0.2, 0.25) is 0 Å². The van der Waals surface area contributed by atoms with Crippen LogP contribution in [0, 0.1) is 0 Å². The molecular formula is C17H20F3N5O2. The second kappa shape index (κ2) is 7.18. The van der Waals surface area contributed by atoms with Crippen molar-refractivity contribution in [2.24, 2.45) is 0 Å². The number of alkyl halides is 3. The Kier molecular flexibility index (Phi) is 5.09. The van der Waals surface area contributed by atoms with E-state index in [9.17, 15) is 22.8 Å². The number of amides is 2. The van der Waals surface area contributed by atoms with Crippen molar-refractivity contribution in [1.82, 2.24) is 24.7 Å². The summed E-state index contributed by atoms with van der Waals surface area (Å²) in [5, 5.41) is 2.54. The van der Waals surface area contributed by atoms with Crippen LogP contribution in [0.15, 0.2) is 24.3 Å². The van der Waals surface area contributed by atoms with Crippen molar-refractivity contribution in [1.29, 1.82) is 0 Å². The lowest BCUT2D eigenvalue weighted by molar-refractivity contribution is -0.148. The number of nitrogens with zero attached hydrogens (tertiary/aromatic N) is 4. The van der Waals surface area contributed by atoms with Gasteiger partial charge in [-0.2, -0.15) is 13.2 Å². The summed E-state index contributed by atoms with van der Waals surface area (Å²) in [5.74, 6) is -1.82. The molecule has 3 rings (SSSR count). The van der Waals surface area contributed by atoms with Crippen molar-refractivity contribution < 1.29 is 22.8 Å². The van der Waals surface area contributed by atoms with Crippen LogP contribution in [-0.4, -0.2) is 70.9 Å². The van der Waals surface area contributed by atoms with Gasteiger partial charge in [0, 0.05) is 26.7 Å². The van der Waals surface area contributed by atoms with Gasteiger partial charge in [-0.1, -0.05) is 12.1 Å². The van der Waals surface area contributed by atoms with Gasteiger partial charge in [0.05, 0.1) is 11.0 Å². The third kappa shape index (κ3) is 3.75. The van der Waals surface area contributed by atoms with Crippen molar-refractivity contribution in [2.75, 3.05) is 33.7 Å². The molecule has 2 heterocycles. The fraction of sp³-hybridized carbons (Fsp3) is 0.471. The number of likely N-dealkylation sites (N-methyl/N-ethyl adjacent to an activating group) is 2. The Morgan fingerprint density at radius 2 is 1.96 bits per heavy atom. The van der Waals surface area contributed by atoms with E-state index < -0.39 is 30.5 Å². The highest BCUT2D eigenvalue weighted by atomic mass is 19.4. The first-order valence-electron chi connectivity index (χ1n) is 8.44. The minimum absolute atomic E-state index is 0.128. The molecule has 1 aliphatic rings. The second-order valence-corrected chi connectivity index (χ2v) is 6.46. The Labute approximate surface area is 153 Å². The molecule has 0 spiro atoms. The largest absolute Gasteiger partial charge is 0.449 e. The van der Waals surface area contributed by atoms with Gasteiger partial charge in [0.25, 0.3) is 0 Å². The molecule has 1 saturated heterocycles. The molecule has 0 unspecified atom stereocenters. The lowest BCUT2D eigenvalue weighted by Gasteiger charge is -2.38. The number of piperazine rings is 1. The number of imidazole rings is 1. The van der Waals surface area contributed by atoms with Gasteiger partial charge in [-0.25, -0.2) is 4.98 Å². The number of carbonyl (C=O) groups excluding carboxylic acids is 2. The summed E-state index contributed by atoms with van der Waals surface area (Å²) in [5.41, 5.74) is 0.425. The molecule has 1 aliphatic heterocycles. The summed E-state index contributed by atoms with van der Waals surface area (Å²) in [4.78, 5) is 31.6. The molecule has 0 aliphatic carbocycles. The zero-order chi connectivity index (χ0) is 19.8. The molecule has 10 heteroatoms. The van der Waals surface area contributed by atoms with Crippen molar-refractivity contribution in [3.05, 3.63) is 30.1 Å². The minimum Gasteiger partial charge on any atom is -0.358 e. The van der Waals surface area contributed by atoms with E-state index in [0.717, 1.165) is 4.57 Å². The number of benzene rings is 1. The zero-order valence-corrected chi connectivity index (χ0v) is 15.0. The van der Waals surface area contributed by atoms with E-state index in [0.29, 0.717) is 13.1 Å². The maximum atomic E-state index is 13.4. The van der Waals surface area contributed by atoms with Gasteiger partial charge in [0.2, 0.25) is 17.6 Å². The molecule has 1 aromatic carbocycles. The second-order valence-electron chi connectivity index (χ2n) is 6.46. The third-order valence-electron chi connectivity index (χ3n) is 4.75. The number of carbonyl (C=O) groups is 2. The average molecular weight is 383 g/mol. The van der Waals surface area contributed by atoms with Crippen molar-refractivity contribution in [3.8, 4) is 0 Å². The van der Waals surface area contributed by atoms with Crippen LogP contribution in [0.1, 0.15) is 5.82 Å². The highest BCUT2D eigenvalue weighted by molar-refractivity contribution is 5.84. The SMILES string of the molecule is CNC(=O)[C@@H]1CN(C(=O)Cn2c(C(F)(F)F)nc3ccccc32)CCN1C. The van der Waals surface area contributed by atoms with Crippen LogP contribution in [0.3, 0.4) is 0 Å². The molecule has 1 aromatic heterocycles. The molecule has 7 nitrogen and oxygen atoms in total. The van der Waals surface area contributed by atoms with Gasteiger partial charge in [-0.15, -0.1) is 0 Å². The van der Waals surface area contributed by atoms with E-state index in [1.807, 2.05) is 4.90 Å². The van der Waals surface area contributed by atoms with Crippen LogP contribution < -0.4 is 5.32 Å². The normalized spacial score (nSPS) is 18.7. The molecule has 0 bridgehead atoms. The van der Waals surface area contributed by atoms with Gasteiger partial charge in [0.15, 0.2) is 0 Å². The zero-order valence-electron chi connectivity index (χ0n) is 15.0. The summed E-state index contributed by atoms with van der Waals surface area (Å²) in [7, 11) is 3.27. The Balaban J connectivity index is 1.87. The summed E-state index contributed by atoms with van der Waals surface area (Å²) >= 11 is 0. The number of hydrogen-bond donors (Lipinski definition) is 1. The summed E-state index contributed by atoms with van der Waals surface area (Å²) in [6.07, 6.45) is -4.67. The van der Waals surface area contributed by atoms with Gasteiger partial charge in [0.1, 0.15) is 12.6 Å². The van der Waals surface area contributed by atoms with Crippen molar-refractivity contribution >= 4 is 22.8 Å². The smallest absolute Gasteiger partial charge is 0.358 e. The molecule has 1 fully saturated rings. The fourth-order valence-electron chi connectivity index (χ4n) is 3.24. The summed E-state index contributed by atoms with van der Waals surface area (Å²) in [6, 6.07) is 5.64. The topological polar surface area (TPSA) is 70.5 Å². The number of nitrogens with one attached hydrogen (secondary N) is 1. The first-order chi connectivity index (χ1) is 12.7. The van der Waals surface area contributed by atoms with Crippen molar-refractivity contribution in [3.63, 3.8) is 0 Å². The molecule has 27 heavy (non-hydrogen) atoms.